The number of hydrogen-bond donors (Lipinski definition) is 2. The summed E-state index contributed by atoms with van der Waals surface area (Å²) < 4.78 is 39.7. The van der Waals surface area contributed by atoms with E-state index in [4.69, 9.17) is 5.11 Å². The number of sulfonamides is 1. The first kappa shape index (κ1) is 15.5. The second-order valence-corrected chi connectivity index (χ2v) is 6.52. The molecule has 0 aliphatic carbocycles. The van der Waals surface area contributed by atoms with Gasteiger partial charge in [-0.05, 0) is 41.8 Å². The summed E-state index contributed by atoms with van der Waals surface area (Å²) in [5.41, 5.74) is 2.10. The Balaban J connectivity index is 2.18. The number of benzene rings is 2. The summed E-state index contributed by atoms with van der Waals surface area (Å²) in [5.74, 6) is -0.622. The third kappa shape index (κ3) is 4.27. The summed E-state index contributed by atoms with van der Waals surface area (Å²) in [6, 6.07) is 10.6. The number of anilines is 1. The molecule has 2 aromatic carbocycles. The fourth-order valence-electron chi connectivity index (χ4n) is 1.98. The van der Waals surface area contributed by atoms with Crippen molar-refractivity contribution >= 4 is 15.7 Å². The third-order valence-electron chi connectivity index (χ3n) is 2.98. The Hall–Kier alpha value is -1.92. The quantitative estimate of drug-likeness (QED) is 0.892. The fourth-order valence-corrected chi connectivity index (χ4v) is 3.24. The van der Waals surface area contributed by atoms with Gasteiger partial charge in [0.2, 0.25) is 10.0 Å². The topological polar surface area (TPSA) is 66.4 Å². The summed E-state index contributed by atoms with van der Waals surface area (Å²) in [6.07, 6.45) is 0. The van der Waals surface area contributed by atoms with Gasteiger partial charge in [0.15, 0.2) is 0 Å². The first-order valence-corrected chi connectivity index (χ1v) is 8.00. The lowest BCUT2D eigenvalue weighted by molar-refractivity contribution is 0.282. The maximum absolute atomic E-state index is 13.0. The van der Waals surface area contributed by atoms with Gasteiger partial charge in [-0.2, -0.15) is 0 Å². The summed E-state index contributed by atoms with van der Waals surface area (Å²) >= 11 is 0. The number of halogens is 1. The summed E-state index contributed by atoms with van der Waals surface area (Å²) in [5, 5.41) is 9.06. The fraction of sp³-hybridized carbons (Fsp3) is 0.200. The monoisotopic (exact) mass is 309 g/mol. The van der Waals surface area contributed by atoms with Gasteiger partial charge in [-0.3, -0.25) is 4.72 Å². The number of aryl methyl sites for hydroxylation is 1. The van der Waals surface area contributed by atoms with Crippen LogP contribution < -0.4 is 4.72 Å². The highest BCUT2D eigenvalue weighted by atomic mass is 32.2. The highest BCUT2D eigenvalue weighted by molar-refractivity contribution is 7.91. The van der Waals surface area contributed by atoms with Crippen LogP contribution in [0.3, 0.4) is 0 Å². The van der Waals surface area contributed by atoms with Gasteiger partial charge in [-0.15, -0.1) is 0 Å². The van der Waals surface area contributed by atoms with Crippen LogP contribution in [0.15, 0.2) is 42.5 Å². The second-order valence-electron chi connectivity index (χ2n) is 4.80. The Morgan fingerprint density at radius 3 is 2.52 bits per heavy atom. The SMILES string of the molecule is Cc1cc(F)ccc1NS(=O)(=O)Cc1cccc(CO)c1. The molecule has 2 aromatic rings. The molecule has 0 saturated heterocycles. The van der Waals surface area contributed by atoms with Crippen LogP contribution in [0.4, 0.5) is 10.1 Å². The Morgan fingerprint density at radius 2 is 1.86 bits per heavy atom. The minimum Gasteiger partial charge on any atom is -0.392 e. The van der Waals surface area contributed by atoms with Crippen LogP contribution in [0.25, 0.3) is 0 Å². The first-order chi connectivity index (χ1) is 9.89. The van der Waals surface area contributed by atoms with Crippen molar-refractivity contribution in [2.45, 2.75) is 19.3 Å². The summed E-state index contributed by atoms with van der Waals surface area (Å²) in [4.78, 5) is 0. The van der Waals surface area contributed by atoms with E-state index in [2.05, 4.69) is 4.72 Å². The molecule has 0 unspecified atom stereocenters. The van der Waals surface area contributed by atoms with E-state index in [0.717, 1.165) is 0 Å². The van der Waals surface area contributed by atoms with Crippen LogP contribution in [0.2, 0.25) is 0 Å². The van der Waals surface area contributed by atoms with E-state index >= 15 is 0 Å². The molecule has 0 heterocycles. The highest BCUT2D eigenvalue weighted by Crippen LogP contribution is 2.19. The van der Waals surface area contributed by atoms with Gasteiger partial charge in [0.25, 0.3) is 0 Å². The van der Waals surface area contributed by atoms with E-state index in [9.17, 15) is 12.8 Å². The van der Waals surface area contributed by atoms with Crippen LogP contribution in [0, 0.1) is 12.7 Å². The van der Waals surface area contributed by atoms with Crippen LogP contribution >= 0.6 is 0 Å². The molecule has 2 rings (SSSR count). The van der Waals surface area contributed by atoms with Crippen LogP contribution in [0.5, 0.6) is 0 Å². The van der Waals surface area contributed by atoms with Crippen molar-refractivity contribution in [1.29, 1.82) is 0 Å². The maximum atomic E-state index is 13.0. The van der Waals surface area contributed by atoms with Crippen molar-refractivity contribution in [3.05, 3.63) is 65.0 Å². The maximum Gasteiger partial charge on any atom is 0.236 e. The lowest BCUT2D eigenvalue weighted by Gasteiger charge is -2.11. The Kier molecular flexibility index (Phi) is 4.59. The van der Waals surface area contributed by atoms with E-state index in [1.165, 1.54) is 18.2 Å². The minimum absolute atomic E-state index is 0.140. The third-order valence-corrected chi connectivity index (χ3v) is 4.23. The molecular weight excluding hydrogens is 293 g/mol. The smallest absolute Gasteiger partial charge is 0.236 e. The summed E-state index contributed by atoms with van der Waals surface area (Å²) in [7, 11) is -3.60. The molecule has 0 atom stereocenters. The molecule has 2 N–H and O–H groups in total. The van der Waals surface area contributed by atoms with E-state index in [0.29, 0.717) is 22.4 Å². The molecule has 4 nitrogen and oxygen atoms in total. The molecule has 0 spiro atoms. The van der Waals surface area contributed by atoms with Crippen LogP contribution in [0.1, 0.15) is 16.7 Å². The van der Waals surface area contributed by atoms with Gasteiger partial charge in [0, 0.05) is 0 Å². The Labute approximate surface area is 123 Å². The van der Waals surface area contributed by atoms with Crippen LogP contribution in [-0.4, -0.2) is 13.5 Å². The van der Waals surface area contributed by atoms with Crippen molar-refractivity contribution in [1.82, 2.24) is 0 Å². The zero-order chi connectivity index (χ0) is 15.5. The normalized spacial score (nSPS) is 11.4. The van der Waals surface area contributed by atoms with E-state index in [1.807, 2.05) is 0 Å². The molecule has 0 fully saturated rings. The largest absolute Gasteiger partial charge is 0.392 e. The Morgan fingerprint density at radius 1 is 1.14 bits per heavy atom. The van der Waals surface area contributed by atoms with Gasteiger partial charge in [-0.1, -0.05) is 24.3 Å². The van der Waals surface area contributed by atoms with E-state index in [1.54, 1.807) is 31.2 Å². The Bertz CT molecular complexity index is 744. The zero-order valence-electron chi connectivity index (χ0n) is 11.5. The lowest BCUT2D eigenvalue weighted by atomic mass is 10.1. The van der Waals surface area contributed by atoms with Gasteiger partial charge in [0.1, 0.15) is 5.82 Å². The van der Waals surface area contributed by atoms with Crippen molar-refractivity contribution in [2.24, 2.45) is 0 Å². The molecule has 0 aliphatic rings. The zero-order valence-corrected chi connectivity index (χ0v) is 12.3. The molecule has 0 bridgehead atoms. The molecule has 6 heteroatoms. The standard InChI is InChI=1S/C15H16FNO3S/c1-11-7-14(16)5-6-15(11)17-21(19,20)10-13-4-2-3-12(8-13)9-18/h2-8,17-18H,9-10H2,1H3. The molecule has 0 radical (unpaired) electrons. The number of aliphatic hydroxyl groups is 1. The van der Waals surface area contributed by atoms with Gasteiger partial charge >= 0.3 is 0 Å². The highest BCUT2D eigenvalue weighted by Gasteiger charge is 2.13. The predicted molar refractivity (Wildman–Crippen MR) is 79.7 cm³/mol. The molecule has 0 aromatic heterocycles. The summed E-state index contributed by atoms with van der Waals surface area (Å²) in [6.45, 7) is 1.49. The van der Waals surface area contributed by atoms with Crippen LogP contribution in [-0.2, 0) is 22.4 Å². The average Bonchev–Trinajstić information content (AvgIpc) is 2.41. The van der Waals surface area contributed by atoms with Gasteiger partial charge in [-0.25, -0.2) is 12.8 Å². The van der Waals surface area contributed by atoms with Crippen molar-refractivity contribution < 1.29 is 17.9 Å². The van der Waals surface area contributed by atoms with E-state index < -0.39 is 15.8 Å². The molecule has 0 aliphatic heterocycles. The minimum atomic E-state index is -3.60. The molecule has 21 heavy (non-hydrogen) atoms. The lowest BCUT2D eigenvalue weighted by Crippen LogP contribution is -2.16. The van der Waals surface area contributed by atoms with Crippen molar-refractivity contribution in [3.63, 3.8) is 0 Å². The number of nitrogens with one attached hydrogen (secondary N) is 1. The molecule has 0 amide bonds. The second kappa shape index (κ2) is 6.24. The van der Waals surface area contributed by atoms with Gasteiger partial charge in [0.05, 0.1) is 18.0 Å². The molecule has 112 valence electrons. The predicted octanol–water partition coefficient (Wildman–Crippen LogP) is 2.57. The first-order valence-electron chi connectivity index (χ1n) is 6.35. The number of hydrogen-bond acceptors (Lipinski definition) is 3. The average molecular weight is 309 g/mol. The van der Waals surface area contributed by atoms with E-state index in [-0.39, 0.29) is 12.4 Å². The molecular formula is C15H16FNO3S. The number of rotatable bonds is 5. The van der Waals surface area contributed by atoms with Gasteiger partial charge < -0.3 is 5.11 Å². The van der Waals surface area contributed by atoms with Crippen molar-refractivity contribution in [2.75, 3.05) is 4.72 Å². The van der Waals surface area contributed by atoms with Crippen molar-refractivity contribution in [3.8, 4) is 0 Å². The number of aliphatic hydroxyl groups excluding tert-OH is 1. The molecule has 0 saturated carbocycles.